The molecule has 2 N–H and O–H groups in total. The third-order valence-electron chi connectivity index (χ3n) is 4.55. The number of rotatable bonds is 2. The molecule has 0 radical (unpaired) electrons. The maximum atomic E-state index is 10.8. The zero-order valence-corrected chi connectivity index (χ0v) is 11.8. The number of aliphatic hydroxyl groups excluding tert-OH is 1. The van der Waals surface area contributed by atoms with Crippen molar-refractivity contribution < 1.29 is 5.11 Å². The molecule has 1 aliphatic heterocycles. The van der Waals surface area contributed by atoms with E-state index in [1.807, 2.05) is 0 Å². The van der Waals surface area contributed by atoms with Gasteiger partial charge in [0, 0.05) is 6.54 Å². The Morgan fingerprint density at radius 3 is 2.89 bits per heavy atom. The second-order valence-electron chi connectivity index (χ2n) is 6.24. The minimum absolute atomic E-state index is 0.110. The highest BCUT2D eigenvalue weighted by molar-refractivity contribution is 5.34. The lowest BCUT2D eigenvalue weighted by molar-refractivity contribution is 0.0596. The monoisotopic (exact) mass is 257 g/mol. The van der Waals surface area contributed by atoms with Crippen LogP contribution in [0.5, 0.6) is 0 Å². The fraction of sp³-hybridized carbons (Fsp3) is 0.529. The molecule has 102 valence electrons. The van der Waals surface area contributed by atoms with E-state index in [0.717, 1.165) is 19.4 Å². The van der Waals surface area contributed by atoms with Crippen molar-refractivity contribution in [1.29, 1.82) is 0 Å². The Hall–Kier alpha value is -1.12. The predicted octanol–water partition coefficient (Wildman–Crippen LogP) is 3.18. The molecule has 0 aromatic heterocycles. The van der Waals surface area contributed by atoms with Gasteiger partial charge >= 0.3 is 0 Å². The third kappa shape index (κ3) is 2.47. The predicted molar refractivity (Wildman–Crippen MR) is 77.7 cm³/mol. The van der Waals surface area contributed by atoms with Crippen LogP contribution in [0, 0.1) is 11.8 Å². The molecule has 1 aromatic rings. The van der Waals surface area contributed by atoms with Crippen LogP contribution in [0.1, 0.15) is 43.9 Å². The van der Waals surface area contributed by atoms with Crippen molar-refractivity contribution in [2.75, 3.05) is 0 Å². The van der Waals surface area contributed by atoms with Crippen LogP contribution in [0.15, 0.2) is 35.9 Å². The number of benzene rings is 1. The summed E-state index contributed by atoms with van der Waals surface area (Å²) >= 11 is 0. The van der Waals surface area contributed by atoms with Crippen molar-refractivity contribution in [3.05, 3.63) is 47.0 Å². The van der Waals surface area contributed by atoms with Gasteiger partial charge in [0.25, 0.3) is 0 Å². The molecule has 0 saturated heterocycles. The zero-order valence-electron chi connectivity index (χ0n) is 11.8. The summed E-state index contributed by atoms with van der Waals surface area (Å²) in [6.45, 7) is 5.32. The average molecular weight is 257 g/mol. The molecule has 2 heteroatoms. The molecule has 1 heterocycles. The van der Waals surface area contributed by atoms with Crippen molar-refractivity contribution in [2.45, 2.75) is 45.4 Å². The van der Waals surface area contributed by atoms with Gasteiger partial charge in [-0.05, 0) is 42.7 Å². The topological polar surface area (TPSA) is 32.3 Å². The molecule has 2 aliphatic rings. The maximum absolute atomic E-state index is 10.8. The summed E-state index contributed by atoms with van der Waals surface area (Å²) < 4.78 is 0. The van der Waals surface area contributed by atoms with Crippen LogP contribution in [0.2, 0.25) is 0 Å². The highest BCUT2D eigenvalue weighted by Gasteiger charge is 2.34. The van der Waals surface area contributed by atoms with E-state index in [4.69, 9.17) is 0 Å². The molecule has 0 saturated carbocycles. The van der Waals surface area contributed by atoms with Gasteiger partial charge < -0.3 is 10.4 Å². The van der Waals surface area contributed by atoms with E-state index < -0.39 is 0 Å². The molecule has 1 aliphatic carbocycles. The third-order valence-corrected chi connectivity index (χ3v) is 4.55. The van der Waals surface area contributed by atoms with Gasteiger partial charge in [0.2, 0.25) is 0 Å². The van der Waals surface area contributed by atoms with Gasteiger partial charge in [-0.3, -0.25) is 0 Å². The van der Waals surface area contributed by atoms with E-state index in [9.17, 15) is 5.11 Å². The van der Waals surface area contributed by atoms with Crippen LogP contribution < -0.4 is 5.32 Å². The fourth-order valence-electron chi connectivity index (χ4n) is 3.76. The van der Waals surface area contributed by atoms with Crippen LogP contribution in [-0.2, 0) is 6.54 Å². The molecule has 0 bridgehead atoms. The summed E-state index contributed by atoms with van der Waals surface area (Å²) in [7, 11) is 0. The van der Waals surface area contributed by atoms with Gasteiger partial charge in [-0.1, -0.05) is 42.8 Å². The summed E-state index contributed by atoms with van der Waals surface area (Å²) in [4.78, 5) is 0. The minimum atomic E-state index is -0.283. The number of hydrogen-bond acceptors (Lipinski definition) is 2. The molecule has 3 rings (SSSR count). The Kier molecular flexibility index (Phi) is 3.46. The maximum Gasteiger partial charge on any atom is 0.0766 e. The molecule has 1 aromatic carbocycles. The normalized spacial score (nSPS) is 31.7. The lowest BCUT2D eigenvalue weighted by Gasteiger charge is -2.33. The van der Waals surface area contributed by atoms with Gasteiger partial charge in [0.1, 0.15) is 0 Å². The Labute approximate surface area is 115 Å². The molecule has 0 spiro atoms. The fourth-order valence-corrected chi connectivity index (χ4v) is 3.76. The summed E-state index contributed by atoms with van der Waals surface area (Å²) in [5.74, 6) is 0.966. The minimum Gasteiger partial charge on any atom is -0.391 e. The molecular formula is C17H23NO. The number of nitrogens with one attached hydrogen (secondary N) is 1. The number of allylic oxidation sites excluding steroid dienone is 2. The quantitative estimate of drug-likeness (QED) is 0.798. The first kappa shape index (κ1) is 12.9. The van der Waals surface area contributed by atoms with Crippen molar-refractivity contribution in [3.63, 3.8) is 0 Å². The van der Waals surface area contributed by atoms with Gasteiger partial charge in [-0.25, -0.2) is 0 Å². The van der Waals surface area contributed by atoms with Crippen LogP contribution in [0.3, 0.4) is 0 Å². The van der Waals surface area contributed by atoms with E-state index in [0.29, 0.717) is 11.8 Å². The largest absolute Gasteiger partial charge is 0.391 e. The zero-order chi connectivity index (χ0) is 13.4. The Bertz CT molecular complexity index is 494. The summed E-state index contributed by atoms with van der Waals surface area (Å²) in [5, 5.41) is 14.2. The van der Waals surface area contributed by atoms with Gasteiger partial charge in [-0.2, -0.15) is 0 Å². The molecule has 0 amide bonds. The van der Waals surface area contributed by atoms with E-state index in [2.05, 4.69) is 49.5 Å². The van der Waals surface area contributed by atoms with Gasteiger partial charge in [0.05, 0.1) is 12.1 Å². The first-order valence-electron chi connectivity index (χ1n) is 7.31. The van der Waals surface area contributed by atoms with Crippen LogP contribution >= 0.6 is 0 Å². The van der Waals surface area contributed by atoms with Crippen LogP contribution in [0.25, 0.3) is 0 Å². The van der Waals surface area contributed by atoms with Crippen molar-refractivity contribution in [3.8, 4) is 0 Å². The van der Waals surface area contributed by atoms with Crippen molar-refractivity contribution in [1.82, 2.24) is 5.32 Å². The molecule has 0 fully saturated rings. The first-order chi connectivity index (χ1) is 9.15. The standard InChI is InChI=1S/C17H23NO/c1-11-7-12(2)9-14(8-11)17(19)16-15-6-4-3-5-13(15)10-18-16/h3-7,11,14,16-19H,8-10H2,1-2H3. The Morgan fingerprint density at radius 1 is 1.32 bits per heavy atom. The molecule has 4 unspecified atom stereocenters. The highest BCUT2D eigenvalue weighted by Crippen LogP contribution is 2.37. The molecule has 19 heavy (non-hydrogen) atoms. The second kappa shape index (κ2) is 5.10. The average Bonchev–Trinajstić information content (AvgIpc) is 2.80. The summed E-state index contributed by atoms with van der Waals surface area (Å²) in [5.41, 5.74) is 4.05. The van der Waals surface area contributed by atoms with E-state index in [-0.39, 0.29) is 12.1 Å². The lowest BCUT2D eigenvalue weighted by atomic mass is 9.78. The Morgan fingerprint density at radius 2 is 2.11 bits per heavy atom. The molecule has 2 nitrogen and oxygen atoms in total. The van der Waals surface area contributed by atoms with E-state index in [1.54, 1.807) is 0 Å². The Balaban J connectivity index is 1.79. The van der Waals surface area contributed by atoms with Crippen molar-refractivity contribution in [2.24, 2.45) is 11.8 Å². The van der Waals surface area contributed by atoms with E-state index >= 15 is 0 Å². The van der Waals surface area contributed by atoms with Crippen molar-refractivity contribution >= 4 is 0 Å². The highest BCUT2D eigenvalue weighted by atomic mass is 16.3. The van der Waals surface area contributed by atoms with Crippen LogP contribution in [0.4, 0.5) is 0 Å². The van der Waals surface area contributed by atoms with E-state index in [1.165, 1.54) is 16.7 Å². The molecular weight excluding hydrogens is 234 g/mol. The lowest BCUT2D eigenvalue weighted by Crippen LogP contribution is -2.35. The smallest absolute Gasteiger partial charge is 0.0766 e. The van der Waals surface area contributed by atoms with Crippen LogP contribution in [-0.4, -0.2) is 11.2 Å². The number of fused-ring (bicyclic) bond motifs is 1. The van der Waals surface area contributed by atoms with Gasteiger partial charge in [0.15, 0.2) is 0 Å². The van der Waals surface area contributed by atoms with Gasteiger partial charge in [-0.15, -0.1) is 0 Å². The summed E-state index contributed by atoms with van der Waals surface area (Å²) in [6.07, 6.45) is 4.19. The number of aliphatic hydroxyl groups is 1. The summed E-state index contributed by atoms with van der Waals surface area (Å²) in [6, 6.07) is 8.56. The molecule has 4 atom stereocenters. The number of hydrogen-bond donors (Lipinski definition) is 2. The SMILES string of the molecule is CC1=CC(C)CC(C(O)C2NCc3ccccc32)C1. The second-order valence-corrected chi connectivity index (χ2v) is 6.24. The first-order valence-corrected chi connectivity index (χ1v) is 7.31.